The zero-order valence-corrected chi connectivity index (χ0v) is 17.3. The Morgan fingerprint density at radius 2 is 2.03 bits per heavy atom. The third-order valence-corrected chi connectivity index (χ3v) is 5.34. The zero-order chi connectivity index (χ0) is 20.1. The molecular formula is C22H25N5OS. The molecule has 29 heavy (non-hydrogen) atoms. The SMILES string of the molecule is CCN(Cc1ccccc1)c1ccc(/C=N\n2c([C@@H]3CCCO3)n[nH]c2=S)cc1. The normalized spacial score (nSPS) is 16.5. The Morgan fingerprint density at radius 1 is 1.24 bits per heavy atom. The summed E-state index contributed by atoms with van der Waals surface area (Å²) in [5.74, 6) is 0.736. The van der Waals surface area contributed by atoms with E-state index in [9.17, 15) is 0 Å². The standard InChI is InChI=1S/C22H25N5OS/c1-2-26(16-18-7-4-3-5-8-18)19-12-10-17(11-13-19)15-23-27-21(24-25-22(27)29)20-9-6-14-28-20/h3-5,7-8,10-13,15,20H,2,6,9,14,16H2,1H3,(H,25,29)/b23-15-/t20-/m0/s1. The van der Waals surface area contributed by atoms with Crippen LogP contribution in [-0.2, 0) is 11.3 Å². The summed E-state index contributed by atoms with van der Waals surface area (Å²) in [4.78, 5) is 2.35. The zero-order valence-electron chi connectivity index (χ0n) is 16.5. The first-order chi connectivity index (χ1) is 14.2. The first kappa shape index (κ1) is 19.5. The summed E-state index contributed by atoms with van der Waals surface area (Å²) in [7, 11) is 0. The van der Waals surface area contributed by atoms with E-state index in [1.807, 2.05) is 6.07 Å². The van der Waals surface area contributed by atoms with Gasteiger partial charge in [-0.1, -0.05) is 42.5 Å². The highest BCUT2D eigenvalue weighted by atomic mass is 32.1. The van der Waals surface area contributed by atoms with Crippen molar-refractivity contribution < 1.29 is 4.74 Å². The van der Waals surface area contributed by atoms with Gasteiger partial charge in [-0.2, -0.15) is 14.9 Å². The minimum atomic E-state index is -0.0430. The molecular weight excluding hydrogens is 382 g/mol. The molecule has 1 N–H and O–H groups in total. The fourth-order valence-electron chi connectivity index (χ4n) is 3.49. The highest BCUT2D eigenvalue weighted by Gasteiger charge is 2.23. The third-order valence-electron chi connectivity index (χ3n) is 5.07. The van der Waals surface area contributed by atoms with Crippen LogP contribution in [0.15, 0.2) is 59.7 Å². The quantitative estimate of drug-likeness (QED) is 0.456. The van der Waals surface area contributed by atoms with Gasteiger partial charge in [-0.05, 0) is 55.2 Å². The van der Waals surface area contributed by atoms with Crippen LogP contribution < -0.4 is 4.90 Å². The molecule has 1 atom stereocenters. The van der Waals surface area contributed by atoms with Crippen molar-refractivity contribution in [2.75, 3.05) is 18.1 Å². The maximum Gasteiger partial charge on any atom is 0.216 e. The second kappa shape index (κ2) is 9.15. The molecule has 2 heterocycles. The monoisotopic (exact) mass is 407 g/mol. The molecule has 1 aromatic heterocycles. The van der Waals surface area contributed by atoms with Crippen LogP contribution in [-0.4, -0.2) is 34.2 Å². The predicted octanol–water partition coefficient (Wildman–Crippen LogP) is 4.70. The molecule has 0 spiro atoms. The van der Waals surface area contributed by atoms with Crippen LogP contribution in [0.5, 0.6) is 0 Å². The lowest BCUT2D eigenvalue weighted by Crippen LogP contribution is -2.21. The van der Waals surface area contributed by atoms with Crippen LogP contribution in [0.25, 0.3) is 0 Å². The molecule has 0 amide bonds. The van der Waals surface area contributed by atoms with Crippen LogP contribution in [0.3, 0.4) is 0 Å². The van der Waals surface area contributed by atoms with Gasteiger partial charge >= 0.3 is 0 Å². The van der Waals surface area contributed by atoms with Gasteiger partial charge in [-0.25, -0.2) is 0 Å². The second-order valence-corrected chi connectivity index (χ2v) is 7.42. The number of ether oxygens (including phenoxy) is 1. The number of H-pyrrole nitrogens is 1. The fourth-order valence-corrected chi connectivity index (χ4v) is 3.68. The van der Waals surface area contributed by atoms with Gasteiger partial charge in [0.25, 0.3) is 0 Å². The van der Waals surface area contributed by atoms with Crippen LogP contribution in [0, 0.1) is 4.77 Å². The molecule has 0 radical (unpaired) electrons. The second-order valence-electron chi connectivity index (χ2n) is 7.04. The van der Waals surface area contributed by atoms with E-state index in [-0.39, 0.29) is 6.10 Å². The summed E-state index contributed by atoms with van der Waals surface area (Å²) in [5, 5.41) is 11.7. The maximum atomic E-state index is 5.72. The molecule has 0 saturated carbocycles. The molecule has 0 aliphatic carbocycles. The number of aromatic nitrogens is 3. The van der Waals surface area contributed by atoms with Crippen LogP contribution in [0.1, 0.15) is 42.8 Å². The Balaban J connectivity index is 1.48. The molecule has 0 bridgehead atoms. The van der Waals surface area contributed by atoms with Crippen LogP contribution in [0.4, 0.5) is 5.69 Å². The van der Waals surface area contributed by atoms with Gasteiger partial charge in [0.05, 0.1) is 6.21 Å². The average Bonchev–Trinajstić information content (AvgIpc) is 3.41. The van der Waals surface area contributed by atoms with Crippen molar-refractivity contribution in [1.82, 2.24) is 14.9 Å². The van der Waals surface area contributed by atoms with Crippen molar-refractivity contribution in [2.24, 2.45) is 5.10 Å². The van der Waals surface area contributed by atoms with Crippen LogP contribution in [0.2, 0.25) is 0 Å². The number of rotatable bonds is 7. The molecule has 0 unspecified atom stereocenters. The van der Waals surface area contributed by atoms with Crippen molar-refractivity contribution >= 4 is 24.1 Å². The number of nitrogens with one attached hydrogen (secondary N) is 1. The number of anilines is 1. The predicted molar refractivity (Wildman–Crippen MR) is 118 cm³/mol. The van der Waals surface area contributed by atoms with Crippen molar-refractivity contribution in [3.05, 3.63) is 76.3 Å². The number of aromatic amines is 1. The summed E-state index contributed by atoms with van der Waals surface area (Å²) < 4.78 is 7.85. The molecule has 6 nitrogen and oxygen atoms in total. The maximum absolute atomic E-state index is 5.72. The van der Waals surface area contributed by atoms with Gasteiger partial charge in [0.15, 0.2) is 5.82 Å². The summed E-state index contributed by atoms with van der Waals surface area (Å²) in [5.41, 5.74) is 3.50. The van der Waals surface area contributed by atoms with Crippen molar-refractivity contribution in [1.29, 1.82) is 0 Å². The number of hydrogen-bond acceptors (Lipinski definition) is 5. The summed E-state index contributed by atoms with van der Waals surface area (Å²) in [6.07, 6.45) is 3.74. The largest absolute Gasteiger partial charge is 0.370 e. The smallest absolute Gasteiger partial charge is 0.216 e. The van der Waals surface area contributed by atoms with Gasteiger partial charge in [0.2, 0.25) is 4.77 Å². The summed E-state index contributed by atoms with van der Waals surface area (Å²) >= 11 is 5.33. The Bertz CT molecular complexity index is 1000. The number of benzene rings is 2. The molecule has 150 valence electrons. The molecule has 1 aliphatic heterocycles. The van der Waals surface area contributed by atoms with Gasteiger partial charge in [-0.3, -0.25) is 5.10 Å². The van der Waals surface area contributed by atoms with E-state index in [0.29, 0.717) is 4.77 Å². The van der Waals surface area contributed by atoms with Gasteiger partial charge in [-0.15, -0.1) is 0 Å². The minimum Gasteiger partial charge on any atom is -0.370 e. The van der Waals surface area contributed by atoms with E-state index in [1.54, 1.807) is 10.9 Å². The van der Waals surface area contributed by atoms with Crippen molar-refractivity contribution in [3.8, 4) is 0 Å². The van der Waals surface area contributed by atoms with Gasteiger partial charge < -0.3 is 9.64 Å². The lowest BCUT2D eigenvalue weighted by atomic mass is 10.1. The minimum absolute atomic E-state index is 0.0430. The molecule has 2 aromatic carbocycles. The Kier molecular flexibility index (Phi) is 6.17. The fraction of sp³-hybridized carbons (Fsp3) is 0.318. The highest BCUT2D eigenvalue weighted by molar-refractivity contribution is 7.71. The Morgan fingerprint density at radius 3 is 2.72 bits per heavy atom. The first-order valence-electron chi connectivity index (χ1n) is 9.97. The third kappa shape index (κ3) is 4.63. The molecule has 4 rings (SSSR count). The first-order valence-corrected chi connectivity index (χ1v) is 10.4. The molecule has 1 fully saturated rings. The van der Waals surface area contributed by atoms with E-state index < -0.39 is 0 Å². The highest BCUT2D eigenvalue weighted by Crippen LogP contribution is 2.27. The van der Waals surface area contributed by atoms with E-state index in [4.69, 9.17) is 17.0 Å². The van der Waals surface area contributed by atoms with E-state index in [1.165, 1.54) is 11.3 Å². The van der Waals surface area contributed by atoms with Crippen molar-refractivity contribution in [2.45, 2.75) is 32.4 Å². The molecule has 1 aliphatic rings. The molecule has 1 saturated heterocycles. The van der Waals surface area contributed by atoms with Gasteiger partial charge in [0, 0.05) is 25.4 Å². The molecule has 3 aromatic rings. The van der Waals surface area contributed by atoms with E-state index in [0.717, 1.165) is 43.9 Å². The lowest BCUT2D eigenvalue weighted by molar-refractivity contribution is 0.102. The number of hydrogen-bond donors (Lipinski definition) is 1. The van der Waals surface area contributed by atoms with Crippen LogP contribution >= 0.6 is 12.2 Å². The van der Waals surface area contributed by atoms with E-state index in [2.05, 4.69) is 75.7 Å². The van der Waals surface area contributed by atoms with Gasteiger partial charge in [0.1, 0.15) is 6.10 Å². The van der Waals surface area contributed by atoms with Crippen molar-refractivity contribution in [3.63, 3.8) is 0 Å². The van der Waals surface area contributed by atoms with E-state index >= 15 is 0 Å². The number of nitrogens with zero attached hydrogens (tertiary/aromatic N) is 4. The topological polar surface area (TPSA) is 58.4 Å². The molecule has 7 heteroatoms. The summed E-state index contributed by atoms with van der Waals surface area (Å²) in [6.45, 7) is 4.76. The average molecular weight is 408 g/mol. The Hall–Kier alpha value is -2.77. The Labute approximate surface area is 175 Å². The summed E-state index contributed by atoms with van der Waals surface area (Å²) in [6, 6.07) is 18.9. The lowest BCUT2D eigenvalue weighted by Gasteiger charge is -2.23.